The van der Waals surface area contributed by atoms with Crippen LogP contribution in [0.4, 0.5) is 8.78 Å². The number of cyclic esters (lactones) is 1. The van der Waals surface area contributed by atoms with Crippen LogP contribution in [-0.2, 0) is 28.6 Å². The molecule has 2 saturated heterocycles. The van der Waals surface area contributed by atoms with Gasteiger partial charge in [0.15, 0.2) is 17.7 Å². The van der Waals surface area contributed by atoms with Crippen molar-refractivity contribution in [1.29, 1.82) is 0 Å². The predicted octanol–water partition coefficient (Wildman–Crippen LogP) is 4.39. The lowest BCUT2D eigenvalue weighted by molar-refractivity contribution is -0.236. The van der Waals surface area contributed by atoms with Gasteiger partial charge in [0.1, 0.15) is 24.0 Å². The molecule has 0 spiro atoms. The van der Waals surface area contributed by atoms with E-state index in [0.29, 0.717) is 45.2 Å². The molecule has 6 N–H and O–H groups in total. The van der Waals surface area contributed by atoms with E-state index >= 15 is 8.78 Å². The Morgan fingerprint density at radius 2 is 1.73 bits per heavy atom. The molecule has 0 aromatic heterocycles. The van der Waals surface area contributed by atoms with Crippen molar-refractivity contribution in [1.82, 2.24) is 10.2 Å². The number of fused-ring (bicyclic) bond motifs is 5. The van der Waals surface area contributed by atoms with Crippen LogP contribution in [0.2, 0.25) is 0 Å². The number of aliphatic hydroxyl groups excluding tert-OH is 4. The summed E-state index contributed by atoms with van der Waals surface area (Å²) in [5, 5.41) is 61.2. The van der Waals surface area contributed by atoms with E-state index in [4.69, 9.17) is 14.2 Å². The number of nitrogens with one attached hydrogen (secondary N) is 1. The third-order valence-corrected chi connectivity index (χ3v) is 16.3. The van der Waals surface area contributed by atoms with E-state index in [-0.39, 0.29) is 56.2 Å². The van der Waals surface area contributed by atoms with Crippen molar-refractivity contribution in [3.63, 3.8) is 0 Å². The molecular formula is C47H74F2N2O11. The minimum Gasteiger partial charge on any atom is -0.459 e. The third kappa shape index (κ3) is 8.96. The molecule has 3 saturated carbocycles. The highest BCUT2D eigenvalue weighted by Gasteiger charge is 2.75. The average molecular weight is 881 g/mol. The number of nitrogens with zero attached hydrogens (tertiary/aromatic N) is 1. The van der Waals surface area contributed by atoms with E-state index in [1.165, 1.54) is 19.1 Å². The van der Waals surface area contributed by atoms with Gasteiger partial charge < -0.3 is 45.1 Å². The minimum absolute atomic E-state index is 0.00325. The van der Waals surface area contributed by atoms with Crippen LogP contribution < -0.4 is 5.32 Å². The molecule has 15 heteroatoms. The first-order chi connectivity index (χ1) is 29.1. The number of carbonyl (C=O) groups is 3. The van der Waals surface area contributed by atoms with Gasteiger partial charge in [0.05, 0.1) is 36.4 Å². The Labute approximate surface area is 366 Å². The summed E-state index contributed by atoms with van der Waals surface area (Å²) in [6.07, 6.45) is -1.05. The molecule has 2 aliphatic heterocycles. The van der Waals surface area contributed by atoms with Gasteiger partial charge in [0, 0.05) is 35.9 Å². The second-order valence-corrected chi connectivity index (χ2v) is 20.2. The highest BCUT2D eigenvalue weighted by molar-refractivity contribution is 6.01. The molecule has 2 unspecified atom stereocenters. The molecule has 6 rings (SSSR count). The van der Waals surface area contributed by atoms with Gasteiger partial charge in [-0.2, -0.15) is 0 Å². The van der Waals surface area contributed by atoms with Gasteiger partial charge >= 0.3 is 5.97 Å². The van der Waals surface area contributed by atoms with E-state index in [1.54, 1.807) is 27.7 Å². The summed E-state index contributed by atoms with van der Waals surface area (Å²) in [5.74, 6) is -4.06. The number of carbonyl (C=O) groups excluding carboxylic acids is 3. The lowest BCUT2D eigenvalue weighted by Crippen LogP contribution is -2.70. The smallest absolute Gasteiger partial charge is 0.309 e. The number of alkyl halides is 2. The highest BCUT2D eigenvalue weighted by atomic mass is 19.1. The molecule has 0 aromatic rings. The summed E-state index contributed by atoms with van der Waals surface area (Å²) in [6, 6.07) is -0.635. The van der Waals surface area contributed by atoms with Crippen LogP contribution >= 0.6 is 0 Å². The molecule has 0 radical (unpaired) electrons. The van der Waals surface area contributed by atoms with E-state index in [9.17, 15) is 39.9 Å². The molecule has 352 valence electrons. The largest absolute Gasteiger partial charge is 0.459 e. The van der Waals surface area contributed by atoms with Crippen molar-refractivity contribution >= 4 is 17.7 Å². The van der Waals surface area contributed by atoms with Gasteiger partial charge in [0.2, 0.25) is 0 Å². The Balaban J connectivity index is 1.13. The number of hydrogen-bond donors (Lipinski definition) is 6. The Morgan fingerprint density at radius 1 is 1.00 bits per heavy atom. The van der Waals surface area contributed by atoms with Crippen LogP contribution in [0.15, 0.2) is 23.8 Å². The fourth-order valence-corrected chi connectivity index (χ4v) is 12.4. The van der Waals surface area contributed by atoms with Crippen molar-refractivity contribution in [2.24, 2.45) is 34.5 Å². The zero-order valence-corrected chi connectivity index (χ0v) is 37.8. The molecule has 62 heavy (non-hydrogen) atoms. The van der Waals surface area contributed by atoms with Crippen LogP contribution in [0, 0.1) is 34.5 Å². The first-order valence-corrected chi connectivity index (χ1v) is 23.4. The van der Waals surface area contributed by atoms with Gasteiger partial charge in [-0.15, -0.1) is 0 Å². The first kappa shape index (κ1) is 49.1. The Hall–Kier alpha value is -2.37. The van der Waals surface area contributed by atoms with Crippen molar-refractivity contribution in [2.75, 3.05) is 19.6 Å². The maximum absolute atomic E-state index is 17.6. The number of amides is 1. The summed E-state index contributed by atoms with van der Waals surface area (Å²) >= 11 is 0. The van der Waals surface area contributed by atoms with Crippen molar-refractivity contribution in [3.05, 3.63) is 23.8 Å². The molecule has 5 fully saturated rings. The zero-order valence-electron chi connectivity index (χ0n) is 37.8. The quantitative estimate of drug-likeness (QED) is 0.149. The molecule has 1 amide bonds. The van der Waals surface area contributed by atoms with Crippen LogP contribution in [0.25, 0.3) is 0 Å². The third-order valence-electron chi connectivity index (χ3n) is 16.3. The number of hydrogen-bond acceptors (Lipinski definition) is 12. The number of halogens is 2. The summed E-state index contributed by atoms with van der Waals surface area (Å²) in [6.45, 7) is 13.3. The fourth-order valence-electron chi connectivity index (χ4n) is 12.4. The summed E-state index contributed by atoms with van der Waals surface area (Å²) < 4.78 is 51.7. The predicted molar refractivity (Wildman–Crippen MR) is 226 cm³/mol. The molecule has 0 aromatic carbocycles. The number of ether oxygens (including phenoxy) is 3. The minimum atomic E-state index is -2.32. The molecule has 4 aliphatic carbocycles. The lowest BCUT2D eigenvalue weighted by atomic mass is 9.44. The summed E-state index contributed by atoms with van der Waals surface area (Å²) in [7, 11) is 0. The molecule has 0 bridgehead atoms. The molecule has 2 heterocycles. The van der Waals surface area contributed by atoms with Crippen LogP contribution in [-0.4, -0.2) is 140 Å². The highest BCUT2D eigenvalue weighted by Crippen LogP contribution is 2.70. The fraction of sp³-hybridized carbons (Fsp3) is 0.851. The standard InChI is InChI=1S/C47H74F2N2O11/c1-8-36-40(56)39(55)29(5)51(20-10-13-35(53)41(26(2)22-27(3)42(57)61-36)62-38-14-9-12-28(4)60-38)21-11-19-50-43(58)46(59)18-16-31-32-24-34(48)33-23-30(52)15-17-44(33,6)47(32,49)37(54)25-45(31,46)7/h15,17,23,26-29,31-32,34-41,53-56,59H,8-14,16,18-22,24-25H2,1-7H3,(H,50,58)/t26-,27+,28+,29+,31?,32?,34-,35+,36+,37-,38-,39+,40+,41+,44-,45-,46-,47-/m0/s1. The number of esters is 1. The second-order valence-electron chi connectivity index (χ2n) is 20.2. The first-order valence-electron chi connectivity index (χ1n) is 23.4. The number of rotatable bonds is 8. The van der Waals surface area contributed by atoms with E-state index in [2.05, 4.69) is 5.32 Å². The van der Waals surface area contributed by atoms with Crippen molar-refractivity contribution in [3.8, 4) is 0 Å². The zero-order chi connectivity index (χ0) is 45.5. The number of allylic oxidation sites excluding steroid dienone is 4. The summed E-state index contributed by atoms with van der Waals surface area (Å²) in [4.78, 5) is 41.5. The van der Waals surface area contributed by atoms with Crippen molar-refractivity contribution in [2.45, 2.75) is 198 Å². The molecule has 13 nitrogen and oxygen atoms in total. The van der Waals surface area contributed by atoms with Crippen LogP contribution in [0.1, 0.15) is 126 Å². The Morgan fingerprint density at radius 3 is 2.42 bits per heavy atom. The SMILES string of the molecule is CC[C@H]1OC(=O)[C@H](C)C[C@H](C)[C@@H](O[C@H]2CCC[C@@H](C)O2)[C@H](O)CCCN(CCCNC(=O)[C@@]2(O)CCC3C4C[C@H](F)C5=CC(=O)C=C[C@]5(C)[C@@]4(F)[C@@H](O)C[C@@]32C)[C@H](C)[C@@H](O)[C@@H]1O. The maximum atomic E-state index is 17.6. The monoisotopic (exact) mass is 881 g/mol. The molecule has 6 aliphatic rings. The van der Waals surface area contributed by atoms with Gasteiger partial charge in [-0.05, 0) is 134 Å². The van der Waals surface area contributed by atoms with E-state index < -0.39 is 113 Å². The van der Waals surface area contributed by atoms with Gasteiger partial charge in [0.25, 0.3) is 5.91 Å². The van der Waals surface area contributed by atoms with Crippen LogP contribution in [0.5, 0.6) is 0 Å². The molecule has 18 atom stereocenters. The maximum Gasteiger partial charge on any atom is 0.309 e. The Kier molecular flexibility index (Phi) is 15.2. The van der Waals surface area contributed by atoms with Crippen LogP contribution in [0.3, 0.4) is 0 Å². The Bertz CT molecular complexity index is 1690. The topological polar surface area (TPSA) is 195 Å². The number of ketones is 1. The lowest BCUT2D eigenvalue weighted by Gasteiger charge is -2.62. The van der Waals surface area contributed by atoms with Crippen molar-refractivity contribution < 1.29 is 62.9 Å². The summed E-state index contributed by atoms with van der Waals surface area (Å²) in [5.41, 5.74) is -7.12. The average Bonchev–Trinajstić information content (AvgIpc) is 3.49. The number of aliphatic hydroxyl groups is 5. The van der Waals surface area contributed by atoms with Gasteiger partial charge in [-0.25, -0.2) is 8.78 Å². The van der Waals surface area contributed by atoms with Gasteiger partial charge in [-0.1, -0.05) is 33.8 Å². The normalized spacial score (nSPS) is 47.2. The second kappa shape index (κ2) is 19.2. The van der Waals surface area contributed by atoms with E-state index in [0.717, 1.165) is 18.9 Å². The van der Waals surface area contributed by atoms with Gasteiger partial charge in [-0.3, -0.25) is 19.3 Å². The molecular weight excluding hydrogens is 807 g/mol. The van der Waals surface area contributed by atoms with E-state index in [1.807, 2.05) is 18.7 Å².